The van der Waals surface area contributed by atoms with E-state index in [2.05, 4.69) is 20.8 Å². The standard InChI is InChI=1S/C20H24N2O2/c1-12(2)24-17(23)20-11-10-19(5,18(20,3)4)15-16(20)22-14-9-7-6-8-13(14)21-15/h6-9,12H,10-11H2,1-5H3. The summed E-state index contributed by atoms with van der Waals surface area (Å²) < 4.78 is 5.70. The Morgan fingerprint density at radius 2 is 1.62 bits per heavy atom. The van der Waals surface area contributed by atoms with Crippen molar-refractivity contribution >= 4 is 17.0 Å². The molecule has 1 heterocycles. The highest BCUT2D eigenvalue weighted by Gasteiger charge is 2.74. The van der Waals surface area contributed by atoms with Crippen LogP contribution in [0.3, 0.4) is 0 Å². The zero-order chi connectivity index (χ0) is 17.3. The lowest BCUT2D eigenvalue weighted by Gasteiger charge is -2.39. The number of esters is 1. The first kappa shape index (κ1) is 15.6. The van der Waals surface area contributed by atoms with Crippen molar-refractivity contribution < 1.29 is 9.53 Å². The molecule has 0 radical (unpaired) electrons. The fourth-order valence-electron chi connectivity index (χ4n) is 4.81. The quantitative estimate of drug-likeness (QED) is 0.786. The highest BCUT2D eigenvalue weighted by molar-refractivity contribution is 5.89. The smallest absolute Gasteiger partial charge is 0.319 e. The van der Waals surface area contributed by atoms with Crippen molar-refractivity contribution in [1.29, 1.82) is 0 Å². The summed E-state index contributed by atoms with van der Waals surface area (Å²) >= 11 is 0. The van der Waals surface area contributed by atoms with Crippen molar-refractivity contribution in [2.45, 2.75) is 64.4 Å². The molecule has 126 valence electrons. The highest BCUT2D eigenvalue weighted by atomic mass is 16.5. The molecule has 2 aliphatic carbocycles. The van der Waals surface area contributed by atoms with Crippen molar-refractivity contribution in [1.82, 2.24) is 9.97 Å². The minimum absolute atomic E-state index is 0.132. The lowest BCUT2D eigenvalue weighted by atomic mass is 9.64. The molecule has 4 rings (SSSR count). The molecule has 1 fully saturated rings. The van der Waals surface area contributed by atoms with Gasteiger partial charge in [-0.3, -0.25) is 4.79 Å². The van der Waals surface area contributed by atoms with E-state index in [4.69, 9.17) is 14.7 Å². The van der Waals surface area contributed by atoms with Gasteiger partial charge in [-0.2, -0.15) is 0 Å². The monoisotopic (exact) mass is 324 g/mol. The molecule has 2 atom stereocenters. The van der Waals surface area contributed by atoms with Gasteiger partial charge in [0, 0.05) is 5.41 Å². The summed E-state index contributed by atoms with van der Waals surface area (Å²) in [6.07, 6.45) is 1.59. The summed E-state index contributed by atoms with van der Waals surface area (Å²) in [6.45, 7) is 10.4. The number of carbonyl (C=O) groups is 1. The molecular weight excluding hydrogens is 300 g/mol. The molecule has 0 aliphatic heterocycles. The van der Waals surface area contributed by atoms with Gasteiger partial charge in [0.15, 0.2) is 0 Å². The van der Waals surface area contributed by atoms with Crippen LogP contribution < -0.4 is 0 Å². The van der Waals surface area contributed by atoms with Gasteiger partial charge in [0.1, 0.15) is 5.41 Å². The first-order valence-electron chi connectivity index (χ1n) is 8.73. The second-order valence-electron chi connectivity index (χ2n) is 8.23. The molecule has 2 aromatic rings. The molecule has 4 nitrogen and oxygen atoms in total. The maximum Gasteiger partial charge on any atom is 0.319 e. The molecule has 2 bridgehead atoms. The molecule has 0 amide bonds. The van der Waals surface area contributed by atoms with Crippen LogP contribution in [0.25, 0.3) is 11.0 Å². The number of hydrogen-bond donors (Lipinski definition) is 0. The van der Waals surface area contributed by atoms with Crippen LogP contribution in [0.1, 0.15) is 58.8 Å². The van der Waals surface area contributed by atoms with E-state index in [0.717, 1.165) is 35.3 Å². The van der Waals surface area contributed by atoms with Crippen LogP contribution >= 0.6 is 0 Å². The van der Waals surface area contributed by atoms with Gasteiger partial charge in [0.05, 0.1) is 28.5 Å². The molecule has 1 aromatic carbocycles. The van der Waals surface area contributed by atoms with Gasteiger partial charge in [-0.1, -0.05) is 32.9 Å². The van der Waals surface area contributed by atoms with Gasteiger partial charge < -0.3 is 4.74 Å². The number of carbonyl (C=O) groups excluding carboxylic acids is 1. The second-order valence-corrected chi connectivity index (χ2v) is 8.23. The molecule has 2 unspecified atom stereocenters. The van der Waals surface area contributed by atoms with Crippen LogP contribution in [0.2, 0.25) is 0 Å². The first-order chi connectivity index (χ1) is 11.2. The van der Waals surface area contributed by atoms with Crippen LogP contribution in [0.4, 0.5) is 0 Å². The normalized spacial score (nSPS) is 29.9. The van der Waals surface area contributed by atoms with Gasteiger partial charge in [-0.05, 0) is 44.2 Å². The van der Waals surface area contributed by atoms with E-state index in [0.29, 0.717) is 0 Å². The number of fused-ring (bicyclic) bond motifs is 6. The van der Waals surface area contributed by atoms with Gasteiger partial charge in [0.2, 0.25) is 0 Å². The number of benzene rings is 1. The van der Waals surface area contributed by atoms with E-state index in [9.17, 15) is 4.79 Å². The number of rotatable bonds is 2. The maximum absolute atomic E-state index is 13.2. The maximum atomic E-state index is 13.2. The molecule has 0 N–H and O–H groups in total. The third kappa shape index (κ3) is 1.57. The Kier molecular flexibility index (Phi) is 2.95. The third-order valence-electron chi connectivity index (χ3n) is 6.64. The van der Waals surface area contributed by atoms with Crippen molar-refractivity contribution in [3.63, 3.8) is 0 Å². The average Bonchev–Trinajstić information content (AvgIpc) is 2.81. The van der Waals surface area contributed by atoms with E-state index in [1.165, 1.54) is 0 Å². The molecule has 1 aromatic heterocycles. The van der Waals surface area contributed by atoms with Crippen LogP contribution in [0.15, 0.2) is 24.3 Å². The average molecular weight is 324 g/mol. The summed E-state index contributed by atoms with van der Waals surface area (Å²) in [5.41, 5.74) is 2.44. The Hall–Kier alpha value is -1.97. The lowest BCUT2D eigenvalue weighted by Crippen LogP contribution is -2.47. The highest BCUT2D eigenvalue weighted by Crippen LogP contribution is 2.70. The van der Waals surface area contributed by atoms with E-state index in [1.54, 1.807) is 0 Å². The van der Waals surface area contributed by atoms with Crippen LogP contribution in [0, 0.1) is 5.41 Å². The molecule has 24 heavy (non-hydrogen) atoms. The van der Waals surface area contributed by atoms with Gasteiger partial charge in [-0.15, -0.1) is 0 Å². The summed E-state index contributed by atoms with van der Waals surface area (Å²) in [5.74, 6) is -0.144. The Bertz CT molecular complexity index is 858. The molecular formula is C20H24N2O2. The van der Waals surface area contributed by atoms with Crippen LogP contribution in [0.5, 0.6) is 0 Å². The molecule has 0 spiro atoms. The minimum atomic E-state index is -0.696. The fraction of sp³-hybridized carbons (Fsp3) is 0.550. The Balaban J connectivity index is 2.02. The van der Waals surface area contributed by atoms with E-state index < -0.39 is 5.41 Å². The largest absolute Gasteiger partial charge is 0.462 e. The van der Waals surface area contributed by atoms with Gasteiger partial charge in [-0.25, -0.2) is 9.97 Å². The molecule has 0 saturated heterocycles. The summed E-state index contributed by atoms with van der Waals surface area (Å²) in [7, 11) is 0. The predicted octanol–water partition coefficient (Wildman–Crippen LogP) is 3.91. The van der Waals surface area contributed by atoms with E-state index in [-0.39, 0.29) is 22.9 Å². The van der Waals surface area contributed by atoms with E-state index >= 15 is 0 Å². The van der Waals surface area contributed by atoms with Gasteiger partial charge in [0.25, 0.3) is 0 Å². The molecule has 1 saturated carbocycles. The number of hydrogen-bond acceptors (Lipinski definition) is 4. The van der Waals surface area contributed by atoms with E-state index in [1.807, 2.05) is 38.1 Å². The number of para-hydroxylation sites is 2. The molecule has 4 heteroatoms. The number of nitrogens with zero attached hydrogens (tertiary/aromatic N) is 2. The summed E-state index contributed by atoms with van der Waals surface area (Å²) in [5, 5.41) is 0. The Morgan fingerprint density at radius 3 is 2.21 bits per heavy atom. The SMILES string of the molecule is CC(C)OC(=O)C12CCC(C)(c3nc4ccccc4nc31)C2(C)C. The van der Waals surface area contributed by atoms with Crippen LogP contribution in [-0.2, 0) is 20.4 Å². The van der Waals surface area contributed by atoms with Crippen molar-refractivity contribution in [2.24, 2.45) is 5.41 Å². The van der Waals surface area contributed by atoms with Gasteiger partial charge >= 0.3 is 5.97 Å². The fourth-order valence-corrected chi connectivity index (χ4v) is 4.81. The lowest BCUT2D eigenvalue weighted by molar-refractivity contribution is -0.159. The number of ether oxygens (including phenoxy) is 1. The number of aromatic nitrogens is 2. The van der Waals surface area contributed by atoms with Crippen molar-refractivity contribution in [3.8, 4) is 0 Å². The Labute approximate surface area is 142 Å². The van der Waals surface area contributed by atoms with Crippen molar-refractivity contribution in [2.75, 3.05) is 0 Å². The Morgan fingerprint density at radius 1 is 1.04 bits per heavy atom. The zero-order valence-electron chi connectivity index (χ0n) is 15.0. The summed E-state index contributed by atoms with van der Waals surface area (Å²) in [6, 6.07) is 7.89. The molecule has 2 aliphatic rings. The second kappa shape index (κ2) is 4.56. The summed E-state index contributed by atoms with van der Waals surface area (Å²) in [4.78, 5) is 23.1. The third-order valence-corrected chi connectivity index (χ3v) is 6.64. The van der Waals surface area contributed by atoms with Crippen LogP contribution in [-0.4, -0.2) is 22.0 Å². The van der Waals surface area contributed by atoms with Crippen molar-refractivity contribution in [3.05, 3.63) is 35.7 Å². The minimum Gasteiger partial charge on any atom is -0.462 e. The zero-order valence-corrected chi connectivity index (χ0v) is 15.0. The topological polar surface area (TPSA) is 52.1 Å². The first-order valence-corrected chi connectivity index (χ1v) is 8.73. The predicted molar refractivity (Wildman–Crippen MR) is 92.8 cm³/mol.